The lowest BCUT2D eigenvalue weighted by atomic mass is 9.66. The molecule has 0 aromatic carbocycles. The topological polar surface area (TPSA) is 37.3 Å². The van der Waals surface area contributed by atoms with Gasteiger partial charge in [0.15, 0.2) is 5.78 Å². The third kappa shape index (κ3) is 1.86. The quantitative estimate of drug-likeness (QED) is 0.689. The van der Waals surface area contributed by atoms with Crippen LogP contribution in [0.2, 0.25) is 0 Å². The Morgan fingerprint density at radius 3 is 2.88 bits per heavy atom. The number of hydrogen-bond donors (Lipinski definition) is 1. The number of aliphatic hydroxyl groups is 1. The van der Waals surface area contributed by atoms with Gasteiger partial charge in [0.1, 0.15) is 6.10 Å². The van der Waals surface area contributed by atoms with Crippen LogP contribution in [0.1, 0.15) is 33.1 Å². The van der Waals surface area contributed by atoms with Crippen molar-refractivity contribution in [1.29, 1.82) is 0 Å². The minimum absolute atomic E-state index is 0.0645. The van der Waals surface area contributed by atoms with Gasteiger partial charge in [-0.25, -0.2) is 0 Å². The van der Waals surface area contributed by atoms with Crippen LogP contribution in [0, 0.1) is 17.8 Å². The smallest absolute Gasteiger partial charge is 0.184 e. The lowest BCUT2D eigenvalue weighted by Gasteiger charge is -2.39. The van der Waals surface area contributed by atoms with E-state index in [4.69, 9.17) is 0 Å². The maximum absolute atomic E-state index is 11.5. The van der Waals surface area contributed by atoms with E-state index in [0.29, 0.717) is 11.8 Å². The molecule has 88 valence electrons. The molecule has 0 aliphatic heterocycles. The fourth-order valence-electron chi connectivity index (χ4n) is 3.03. The molecule has 4 unspecified atom stereocenters. The maximum atomic E-state index is 11.5. The standard InChI is InChI=1S/C14H20O2/c1-8(2)10-4-5-11-7-13(15)14(16)9(3)12(11)6-10/h7,9-10,12,14,16H,1,4-6H2,2-3H3. The number of allylic oxidation sites excluding steroid dienone is 2. The SMILES string of the molecule is C=C(C)C1CCC2=CC(=O)C(O)C(C)C2C1. The van der Waals surface area contributed by atoms with Gasteiger partial charge in [0.2, 0.25) is 0 Å². The highest BCUT2D eigenvalue weighted by molar-refractivity contribution is 5.95. The molecule has 2 rings (SSSR count). The number of hydrogen-bond acceptors (Lipinski definition) is 2. The van der Waals surface area contributed by atoms with Crippen LogP contribution >= 0.6 is 0 Å². The molecule has 1 N–H and O–H groups in total. The molecule has 0 amide bonds. The first-order valence-corrected chi connectivity index (χ1v) is 6.08. The summed E-state index contributed by atoms with van der Waals surface area (Å²) in [4.78, 5) is 11.5. The second-order valence-corrected chi connectivity index (χ2v) is 5.35. The number of carbonyl (C=O) groups excluding carboxylic acids is 1. The lowest BCUT2D eigenvalue weighted by Crippen LogP contribution is -2.39. The number of fused-ring (bicyclic) bond motifs is 1. The van der Waals surface area contributed by atoms with Crippen molar-refractivity contribution in [1.82, 2.24) is 0 Å². The molecule has 2 aliphatic carbocycles. The third-order valence-electron chi connectivity index (χ3n) is 4.24. The molecule has 16 heavy (non-hydrogen) atoms. The second-order valence-electron chi connectivity index (χ2n) is 5.35. The van der Waals surface area contributed by atoms with Gasteiger partial charge in [-0.05, 0) is 50.0 Å². The molecule has 1 fully saturated rings. The van der Waals surface area contributed by atoms with Crippen LogP contribution in [-0.4, -0.2) is 17.0 Å². The zero-order chi connectivity index (χ0) is 11.9. The molecule has 0 heterocycles. The average molecular weight is 220 g/mol. The van der Waals surface area contributed by atoms with Crippen molar-refractivity contribution < 1.29 is 9.90 Å². The minimum atomic E-state index is -0.794. The Morgan fingerprint density at radius 1 is 1.56 bits per heavy atom. The predicted octanol–water partition coefficient (Wildman–Crippen LogP) is 2.48. The molecule has 0 saturated heterocycles. The van der Waals surface area contributed by atoms with Crippen molar-refractivity contribution in [2.24, 2.45) is 17.8 Å². The zero-order valence-corrected chi connectivity index (χ0v) is 10.1. The van der Waals surface area contributed by atoms with E-state index in [-0.39, 0.29) is 11.7 Å². The largest absolute Gasteiger partial charge is 0.385 e. The van der Waals surface area contributed by atoms with Crippen LogP contribution in [0.5, 0.6) is 0 Å². The fraction of sp³-hybridized carbons (Fsp3) is 0.643. The molecule has 2 heteroatoms. The molecule has 0 spiro atoms. The maximum Gasteiger partial charge on any atom is 0.184 e. The Morgan fingerprint density at radius 2 is 2.25 bits per heavy atom. The van der Waals surface area contributed by atoms with Gasteiger partial charge in [0.05, 0.1) is 0 Å². The normalized spacial score (nSPS) is 38.9. The summed E-state index contributed by atoms with van der Waals surface area (Å²) in [6.07, 6.45) is 4.03. The Hall–Kier alpha value is -0.890. The molecule has 0 radical (unpaired) electrons. The minimum Gasteiger partial charge on any atom is -0.385 e. The Labute approximate surface area is 97.0 Å². The van der Waals surface area contributed by atoms with Gasteiger partial charge in [-0.1, -0.05) is 24.6 Å². The van der Waals surface area contributed by atoms with E-state index in [9.17, 15) is 9.90 Å². The summed E-state index contributed by atoms with van der Waals surface area (Å²) in [7, 11) is 0. The summed E-state index contributed by atoms with van der Waals surface area (Å²) in [6, 6.07) is 0. The molecular weight excluding hydrogens is 200 g/mol. The van der Waals surface area contributed by atoms with Crippen molar-refractivity contribution >= 4 is 5.78 Å². The van der Waals surface area contributed by atoms with Crippen LogP contribution in [0.25, 0.3) is 0 Å². The molecule has 2 aliphatic rings. The first-order valence-electron chi connectivity index (χ1n) is 6.08. The fourth-order valence-corrected chi connectivity index (χ4v) is 3.03. The monoisotopic (exact) mass is 220 g/mol. The van der Waals surface area contributed by atoms with Crippen molar-refractivity contribution in [3.05, 3.63) is 23.8 Å². The van der Waals surface area contributed by atoms with Crippen LogP contribution in [-0.2, 0) is 4.79 Å². The van der Waals surface area contributed by atoms with Crippen LogP contribution in [0.3, 0.4) is 0 Å². The Bertz CT molecular complexity index is 354. The van der Waals surface area contributed by atoms with Crippen molar-refractivity contribution in [2.45, 2.75) is 39.2 Å². The summed E-state index contributed by atoms with van der Waals surface area (Å²) in [6.45, 7) is 8.09. The van der Waals surface area contributed by atoms with E-state index in [1.807, 2.05) is 6.92 Å². The Kier molecular flexibility index (Phi) is 3.02. The highest BCUT2D eigenvalue weighted by atomic mass is 16.3. The van der Waals surface area contributed by atoms with Gasteiger partial charge < -0.3 is 5.11 Å². The number of rotatable bonds is 1. The molecule has 2 nitrogen and oxygen atoms in total. The summed E-state index contributed by atoms with van der Waals surface area (Å²) >= 11 is 0. The Balaban J connectivity index is 2.22. The third-order valence-corrected chi connectivity index (χ3v) is 4.24. The zero-order valence-electron chi connectivity index (χ0n) is 10.1. The van der Waals surface area contributed by atoms with E-state index < -0.39 is 6.10 Å². The number of carbonyl (C=O) groups is 1. The van der Waals surface area contributed by atoms with Crippen LogP contribution in [0.4, 0.5) is 0 Å². The molecule has 1 saturated carbocycles. The van der Waals surface area contributed by atoms with Gasteiger partial charge in [-0.3, -0.25) is 4.79 Å². The predicted molar refractivity (Wildman–Crippen MR) is 63.9 cm³/mol. The van der Waals surface area contributed by atoms with Crippen molar-refractivity contribution in [3.8, 4) is 0 Å². The van der Waals surface area contributed by atoms with Gasteiger partial charge in [-0.2, -0.15) is 0 Å². The summed E-state index contributed by atoms with van der Waals surface area (Å²) in [5, 5.41) is 9.79. The van der Waals surface area contributed by atoms with E-state index in [1.165, 1.54) is 11.1 Å². The van der Waals surface area contributed by atoms with Crippen molar-refractivity contribution in [3.63, 3.8) is 0 Å². The molecule has 4 atom stereocenters. The van der Waals surface area contributed by atoms with E-state index in [2.05, 4.69) is 13.5 Å². The average Bonchev–Trinajstić information content (AvgIpc) is 2.25. The molecule has 0 aromatic rings. The second kappa shape index (κ2) is 4.17. The van der Waals surface area contributed by atoms with Crippen LogP contribution < -0.4 is 0 Å². The highest BCUT2D eigenvalue weighted by Gasteiger charge is 2.38. The summed E-state index contributed by atoms with van der Waals surface area (Å²) < 4.78 is 0. The van der Waals surface area contributed by atoms with Crippen LogP contribution in [0.15, 0.2) is 23.8 Å². The molecule has 0 aromatic heterocycles. The van der Waals surface area contributed by atoms with Gasteiger partial charge in [-0.15, -0.1) is 0 Å². The van der Waals surface area contributed by atoms with Gasteiger partial charge >= 0.3 is 0 Å². The van der Waals surface area contributed by atoms with Gasteiger partial charge in [0, 0.05) is 0 Å². The van der Waals surface area contributed by atoms with Crippen molar-refractivity contribution in [2.75, 3.05) is 0 Å². The van der Waals surface area contributed by atoms with Gasteiger partial charge in [0.25, 0.3) is 0 Å². The van der Waals surface area contributed by atoms with E-state index in [0.717, 1.165) is 19.3 Å². The summed E-state index contributed by atoms with van der Waals surface area (Å²) in [5.41, 5.74) is 2.48. The number of ketones is 1. The highest BCUT2D eigenvalue weighted by Crippen LogP contribution is 2.43. The van der Waals surface area contributed by atoms with E-state index in [1.54, 1.807) is 6.08 Å². The van der Waals surface area contributed by atoms with E-state index >= 15 is 0 Å². The number of aliphatic hydroxyl groups excluding tert-OH is 1. The molecular formula is C14H20O2. The first-order chi connectivity index (χ1) is 7.50. The first kappa shape index (κ1) is 11.6. The summed E-state index contributed by atoms with van der Waals surface area (Å²) in [5.74, 6) is 0.898. The lowest BCUT2D eigenvalue weighted by molar-refractivity contribution is -0.126. The molecule has 0 bridgehead atoms.